The molecule has 0 aromatic carbocycles. The van der Waals surface area contributed by atoms with Crippen molar-refractivity contribution in [3.8, 4) is 0 Å². The lowest BCUT2D eigenvalue weighted by Gasteiger charge is -2.32. The zero-order chi connectivity index (χ0) is 5.33. The van der Waals surface area contributed by atoms with E-state index in [0.717, 1.165) is 13.1 Å². The third kappa shape index (κ3) is 1.12. The Morgan fingerprint density at radius 1 is 1.57 bits per heavy atom. The smallest absolute Gasteiger partial charge is 0.0765 e. The molecule has 0 unspecified atom stereocenters. The summed E-state index contributed by atoms with van der Waals surface area (Å²) < 4.78 is 0.625. The molecule has 0 amide bonds. The summed E-state index contributed by atoms with van der Waals surface area (Å²) in [4.78, 5) is 0. The van der Waals surface area contributed by atoms with Gasteiger partial charge in [-0.3, -0.25) is 0 Å². The van der Waals surface area contributed by atoms with E-state index in [-0.39, 0.29) is 0 Å². The Bertz CT molecular complexity index is 61.3. The van der Waals surface area contributed by atoms with Crippen LogP contribution in [0.1, 0.15) is 0 Å². The summed E-state index contributed by atoms with van der Waals surface area (Å²) in [5.41, 5.74) is 7.36. The molecule has 42 valence electrons. The van der Waals surface area contributed by atoms with Crippen LogP contribution < -0.4 is 5.43 Å². The lowest BCUT2D eigenvalue weighted by atomic mass is 10.7. The molecule has 0 atom stereocenters. The van der Waals surface area contributed by atoms with Crippen molar-refractivity contribution in [3.05, 3.63) is 5.43 Å². The number of rotatable bonds is 0. The van der Waals surface area contributed by atoms with Crippen molar-refractivity contribution in [2.45, 2.75) is 0 Å². The SMILES string of the molecule is C[N+]1(C)[N-]CCN1. The molecule has 0 aliphatic carbocycles. The van der Waals surface area contributed by atoms with Crippen LogP contribution in [0.25, 0.3) is 5.43 Å². The molecule has 1 rings (SSSR count). The third-order valence-electron chi connectivity index (χ3n) is 1.06. The minimum Gasteiger partial charge on any atom is -0.431 e. The lowest BCUT2D eigenvalue weighted by molar-refractivity contribution is -0.888. The van der Waals surface area contributed by atoms with E-state index in [0.29, 0.717) is 4.70 Å². The van der Waals surface area contributed by atoms with Gasteiger partial charge in [-0.25, -0.2) is 0 Å². The maximum absolute atomic E-state index is 4.19. The van der Waals surface area contributed by atoms with Crippen LogP contribution in [-0.2, 0) is 0 Å². The van der Waals surface area contributed by atoms with Gasteiger partial charge in [0.2, 0.25) is 0 Å². The van der Waals surface area contributed by atoms with Crippen molar-refractivity contribution < 1.29 is 4.70 Å². The second-order valence-electron chi connectivity index (χ2n) is 2.17. The average molecular weight is 101 g/mol. The minimum atomic E-state index is 0.625. The first-order valence-corrected chi connectivity index (χ1v) is 2.49. The molecule has 1 aliphatic heterocycles. The highest BCUT2D eigenvalue weighted by molar-refractivity contribution is 4.67. The van der Waals surface area contributed by atoms with E-state index in [4.69, 9.17) is 0 Å². The first-order chi connectivity index (χ1) is 3.21. The Balaban J connectivity index is 2.40. The summed E-state index contributed by atoms with van der Waals surface area (Å²) in [7, 11) is 4.04. The fourth-order valence-electron chi connectivity index (χ4n) is 0.674. The Hall–Kier alpha value is -0.120. The molecule has 0 spiro atoms. The molecule has 0 aromatic rings. The molecule has 7 heavy (non-hydrogen) atoms. The van der Waals surface area contributed by atoms with E-state index in [2.05, 4.69) is 10.9 Å². The fourth-order valence-corrected chi connectivity index (χ4v) is 0.674. The van der Waals surface area contributed by atoms with Gasteiger partial charge >= 0.3 is 0 Å². The van der Waals surface area contributed by atoms with Gasteiger partial charge < -0.3 is 10.1 Å². The number of quaternary nitrogens is 1. The number of nitrogens with zero attached hydrogens (tertiary/aromatic N) is 2. The highest BCUT2D eigenvalue weighted by Gasteiger charge is 2.07. The summed E-state index contributed by atoms with van der Waals surface area (Å²) in [6, 6.07) is 0. The number of nitrogens with one attached hydrogen (secondary N) is 1. The second-order valence-corrected chi connectivity index (χ2v) is 2.17. The van der Waals surface area contributed by atoms with Crippen LogP contribution in [0.2, 0.25) is 0 Å². The van der Waals surface area contributed by atoms with Crippen LogP contribution in [0.5, 0.6) is 0 Å². The standard InChI is InChI=1S/C4H11N3/c1-7(2)5-3-4-6-7/h5H,3-4H2,1-2H3. The molecule has 0 aromatic heterocycles. The van der Waals surface area contributed by atoms with Gasteiger partial charge in [-0.2, -0.15) is 5.43 Å². The summed E-state index contributed by atoms with van der Waals surface area (Å²) in [6.07, 6.45) is 0. The Kier molecular flexibility index (Phi) is 1.03. The highest BCUT2D eigenvalue weighted by Crippen LogP contribution is 2.05. The molecular formula is C4H11N3. The molecule has 0 radical (unpaired) electrons. The zero-order valence-electron chi connectivity index (χ0n) is 4.81. The fraction of sp³-hybridized carbons (Fsp3) is 1.00. The highest BCUT2D eigenvalue weighted by atomic mass is 15.9. The normalized spacial score (nSPS) is 28.3. The van der Waals surface area contributed by atoms with Crippen LogP contribution in [0.3, 0.4) is 0 Å². The molecule has 1 heterocycles. The molecule has 1 N–H and O–H groups in total. The molecule has 3 nitrogen and oxygen atoms in total. The van der Waals surface area contributed by atoms with Crippen LogP contribution in [0, 0.1) is 0 Å². The monoisotopic (exact) mass is 101 g/mol. The quantitative estimate of drug-likeness (QED) is 0.423. The van der Waals surface area contributed by atoms with Gasteiger partial charge in [0.1, 0.15) is 0 Å². The largest absolute Gasteiger partial charge is 0.431 e. The summed E-state index contributed by atoms with van der Waals surface area (Å²) >= 11 is 0. The van der Waals surface area contributed by atoms with Crippen LogP contribution in [0.15, 0.2) is 0 Å². The topological polar surface area (TPSA) is 26.1 Å². The van der Waals surface area contributed by atoms with Gasteiger partial charge in [0.05, 0.1) is 14.1 Å². The van der Waals surface area contributed by atoms with Gasteiger partial charge in [-0.15, -0.1) is 0 Å². The van der Waals surface area contributed by atoms with Crippen molar-refractivity contribution in [1.82, 2.24) is 5.43 Å². The number of hydrogen-bond acceptors (Lipinski definition) is 1. The van der Waals surface area contributed by atoms with Gasteiger partial charge in [-0.05, 0) is 0 Å². The Labute approximate surface area is 43.8 Å². The van der Waals surface area contributed by atoms with Crippen LogP contribution in [0.4, 0.5) is 0 Å². The molecular weight excluding hydrogens is 90.1 g/mol. The summed E-state index contributed by atoms with van der Waals surface area (Å²) in [6.45, 7) is 1.97. The van der Waals surface area contributed by atoms with Gasteiger partial charge in [0.25, 0.3) is 0 Å². The van der Waals surface area contributed by atoms with Gasteiger partial charge in [0, 0.05) is 6.54 Å². The maximum Gasteiger partial charge on any atom is 0.0765 e. The zero-order valence-corrected chi connectivity index (χ0v) is 4.81. The van der Waals surface area contributed by atoms with Crippen molar-refractivity contribution in [1.29, 1.82) is 0 Å². The Morgan fingerprint density at radius 2 is 2.29 bits per heavy atom. The van der Waals surface area contributed by atoms with Crippen LogP contribution in [-0.4, -0.2) is 31.9 Å². The first kappa shape index (κ1) is 5.03. The Morgan fingerprint density at radius 3 is 2.43 bits per heavy atom. The summed E-state index contributed by atoms with van der Waals surface area (Å²) in [5.74, 6) is 0. The third-order valence-corrected chi connectivity index (χ3v) is 1.06. The molecule has 1 saturated heterocycles. The second kappa shape index (κ2) is 1.43. The van der Waals surface area contributed by atoms with E-state index in [1.165, 1.54) is 0 Å². The average Bonchev–Trinajstić information content (AvgIpc) is 1.84. The van der Waals surface area contributed by atoms with Crippen LogP contribution >= 0.6 is 0 Å². The predicted molar refractivity (Wildman–Crippen MR) is 28.3 cm³/mol. The van der Waals surface area contributed by atoms with E-state index in [1.54, 1.807) is 0 Å². The number of hydrogen-bond donors (Lipinski definition) is 1. The van der Waals surface area contributed by atoms with E-state index in [1.807, 2.05) is 14.1 Å². The molecule has 3 heteroatoms. The van der Waals surface area contributed by atoms with Gasteiger partial charge in [-0.1, -0.05) is 6.54 Å². The van der Waals surface area contributed by atoms with E-state index in [9.17, 15) is 0 Å². The molecule has 1 fully saturated rings. The first-order valence-electron chi connectivity index (χ1n) is 2.49. The molecule has 1 aliphatic rings. The van der Waals surface area contributed by atoms with Crippen molar-refractivity contribution in [2.24, 2.45) is 0 Å². The minimum absolute atomic E-state index is 0.625. The summed E-state index contributed by atoms with van der Waals surface area (Å²) in [5, 5.41) is 0. The lowest BCUT2D eigenvalue weighted by Crippen LogP contribution is -2.41. The van der Waals surface area contributed by atoms with E-state index < -0.39 is 0 Å². The van der Waals surface area contributed by atoms with Crippen molar-refractivity contribution >= 4 is 0 Å². The molecule has 0 saturated carbocycles. The maximum atomic E-state index is 4.19. The van der Waals surface area contributed by atoms with Gasteiger partial charge in [0.15, 0.2) is 0 Å². The van der Waals surface area contributed by atoms with E-state index >= 15 is 0 Å². The predicted octanol–water partition coefficient (Wildman–Crippen LogP) is -0.130. The van der Waals surface area contributed by atoms with Crippen molar-refractivity contribution in [3.63, 3.8) is 0 Å². The van der Waals surface area contributed by atoms with Crippen molar-refractivity contribution in [2.75, 3.05) is 27.2 Å². The molecule has 0 bridgehead atoms.